The van der Waals surface area contributed by atoms with Crippen molar-refractivity contribution in [3.8, 4) is 0 Å². The molecular weight excluding hydrogens is 232 g/mol. The van der Waals surface area contributed by atoms with Crippen LogP contribution in [-0.2, 0) is 4.74 Å². The van der Waals surface area contributed by atoms with Gasteiger partial charge < -0.3 is 15.0 Å². The van der Waals surface area contributed by atoms with Crippen LogP contribution in [0.3, 0.4) is 0 Å². The number of rotatable bonds is 9. The highest BCUT2D eigenvalue weighted by molar-refractivity contribution is 7.98. The summed E-state index contributed by atoms with van der Waals surface area (Å²) in [4.78, 5) is 2.41. The summed E-state index contributed by atoms with van der Waals surface area (Å²) in [5, 5.41) is 3.57. The summed E-state index contributed by atoms with van der Waals surface area (Å²) < 4.78 is 5.67. The van der Waals surface area contributed by atoms with Gasteiger partial charge >= 0.3 is 0 Å². The topological polar surface area (TPSA) is 24.5 Å². The van der Waals surface area contributed by atoms with E-state index in [0.717, 1.165) is 19.7 Å². The van der Waals surface area contributed by atoms with E-state index >= 15 is 0 Å². The molecule has 2 atom stereocenters. The van der Waals surface area contributed by atoms with Gasteiger partial charge in [-0.25, -0.2) is 0 Å². The molecule has 0 saturated carbocycles. The third-order valence-corrected chi connectivity index (χ3v) is 4.07. The second-order valence-electron chi connectivity index (χ2n) is 4.94. The zero-order valence-electron chi connectivity index (χ0n) is 11.6. The SMILES string of the molecule is CSCCCN(C)CCNC(C)C1CCCO1. The molecule has 0 amide bonds. The van der Waals surface area contributed by atoms with E-state index in [9.17, 15) is 0 Å². The number of hydrogen-bond donors (Lipinski definition) is 1. The lowest BCUT2D eigenvalue weighted by Gasteiger charge is -2.22. The predicted octanol–water partition coefficient (Wildman–Crippen LogP) is 1.83. The van der Waals surface area contributed by atoms with Crippen molar-refractivity contribution in [1.82, 2.24) is 10.2 Å². The zero-order valence-corrected chi connectivity index (χ0v) is 12.4. The van der Waals surface area contributed by atoms with Crippen molar-refractivity contribution >= 4 is 11.8 Å². The van der Waals surface area contributed by atoms with Crippen LogP contribution in [0.1, 0.15) is 26.2 Å². The normalized spacial score (nSPS) is 22.2. The second-order valence-corrected chi connectivity index (χ2v) is 5.93. The molecule has 3 nitrogen and oxygen atoms in total. The van der Waals surface area contributed by atoms with Gasteiger partial charge in [-0.15, -0.1) is 0 Å². The van der Waals surface area contributed by atoms with Gasteiger partial charge in [0.2, 0.25) is 0 Å². The van der Waals surface area contributed by atoms with E-state index in [1.807, 2.05) is 11.8 Å². The van der Waals surface area contributed by atoms with Crippen LogP contribution in [-0.4, -0.2) is 62.3 Å². The zero-order chi connectivity index (χ0) is 12.5. The van der Waals surface area contributed by atoms with Gasteiger partial charge in [0.05, 0.1) is 6.10 Å². The molecule has 1 N–H and O–H groups in total. The molecule has 1 aliphatic rings. The molecule has 1 aliphatic heterocycles. The molecule has 0 aromatic rings. The van der Waals surface area contributed by atoms with Gasteiger partial charge in [-0.05, 0) is 51.8 Å². The van der Waals surface area contributed by atoms with Crippen molar-refractivity contribution in [3.05, 3.63) is 0 Å². The van der Waals surface area contributed by atoms with Gasteiger partial charge in [0.1, 0.15) is 0 Å². The summed E-state index contributed by atoms with van der Waals surface area (Å²) in [6, 6.07) is 0.497. The van der Waals surface area contributed by atoms with Crippen molar-refractivity contribution < 1.29 is 4.74 Å². The van der Waals surface area contributed by atoms with Crippen LogP contribution in [0.25, 0.3) is 0 Å². The summed E-state index contributed by atoms with van der Waals surface area (Å²) in [5.41, 5.74) is 0. The van der Waals surface area contributed by atoms with E-state index in [1.54, 1.807) is 0 Å². The molecule has 0 bridgehead atoms. The van der Waals surface area contributed by atoms with E-state index in [2.05, 4.69) is 30.4 Å². The first-order valence-electron chi connectivity index (χ1n) is 6.76. The third-order valence-electron chi connectivity index (χ3n) is 3.37. The molecule has 0 spiro atoms. The fourth-order valence-corrected chi connectivity index (χ4v) is 2.62. The van der Waals surface area contributed by atoms with Gasteiger partial charge in [0.15, 0.2) is 0 Å². The summed E-state index contributed by atoms with van der Waals surface area (Å²) in [6.45, 7) is 6.59. The van der Waals surface area contributed by atoms with Crippen LogP contribution in [0.4, 0.5) is 0 Å². The van der Waals surface area contributed by atoms with Crippen LogP contribution < -0.4 is 5.32 Å². The second kappa shape index (κ2) is 9.20. The lowest BCUT2D eigenvalue weighted by molar-refractivity contribution is 0.0830. The van der Waals surface area contributed by atoms with E-state index in [-0.39, 0.29) is 0 Å². The van der Waals surface area contributed by atoms with Crippen molar-refractivity contribution in [3.63, 3.8) is 0 Å². The number of ether oxygens (including phenoxy) is 1. The molecule has 0 aromatic heterocycles. The molecule has 1 saturated heterocycles. The smallest absolute Gasteiger partial charge is 0.0726 e. The van der Waals surface area contributed by atoms with E-state index in [1.165, 1.54) is 31.6 Å². The number of hydrogen-bond acceptors (Lipinski definition) is 4. The summed E-state index contributed by atoms with van der Waals surface area (Å²) in [7, 11) is 2.21. The Balaban J connectivity index is 1.98. The lowest BCUT2D eigenvalue weighted by atomic mass is 10.1. The van der Waals surface area contributed by atoms with Gasteiger partial charge in [-0.3, -0.25) is 0 Å². The Morgan fingerprint density at radius 3 is 2.94 bits per heavy atom. The molecule has 1 heterocycles. The lowest BCUT2D eigenvalue weighted by Crippen LogP contribution is -2.41. The minimum atomic E-state index is 0.441. The quantitative estimate of drug-likeness (QED) is 0.639. The van der Waals surface area contributed by atoms with Crippen LogP contribution in [0.15, 0.2) is 0 Å². The Morgan fingerprint density at radius 2 is 2.29 bits per heavy atom. The van der Waals surface area contributed by atoms with Crippen molar-refractivity contribution in [2.45, 2.75) is 38.3 Å². The highest BCUT2D eigenvalue weighted by atomic mass is 32.2. The monoisotopic (exact) mass is 260 g/mol. The molecule has 2 unspecified atom stereocenters. The first-order chi connectivity index (χ1) is 8.24. The van der Waals surface area contributed by atoms with Gasteiger partial charge in [0.25, 0.3) is 0 Å². The number of nitrogens with one attached hydrogen (secondary N) is 1. The van der Waals surface area contributed by atoms with Crippen LogP contribution in [0, 0.1) is 0 Å². The molecule has 17 heavy (non-hydrogen) atoms. The number of likely N-dealkylation sites (N-methyl/N-ethyl adjacent to an activating group) is 1. The Hall–Kier alpha value is 0.230. The average Bonchev–Trinajstić information content (AvgIpc) is 2.82. The Bertz CT molecular complexity index is 186. The van der Waals surface area contributed by atoms with Crippen molar-refractivity contribution in [1.29, 1.82) is 0 Å². The molecular formula is C13H28N2OS. The van der Waals surface area contributed by atoms with E-state index < -0.39 is 0 Å². The largest absolute Gasteiger partial charge is 0.377 e. The van der Waals surface area contributed by atoms with Gasteiger partial charge in [-0.2, -0.15) is 11.8 Å². The summed E-state index contributed by atoms with van der Waals surface area (Å²) >= 11 is 1.93. The fraction of sp³-hybridized carbons (Fsp3) is 1.00. The van der Waals surface area contributed by atoms with Gasteiger partial charge in [-0.1, -0.05) is 0 Å². The summed E-state index contributed by atoms with van der Waals surface area (Å²) in [6.07, 6.45) is 6.35. The number of nitrogens with zero attached hydrogens (tertiary/aromatic N) is 1. The number of thioether (sulfide) groups is 1. The molecule has 0 aromatic carbocycles. The Morgan fingerprint density at radius 1 is 1.47 bits per heavy atom. The molecule has 4 heteroatoms. The maximum Gasteiger partial charge on any atom is 0.0726 e. The van der Waals surface area contributed by atoms with Crippen molar-refractivity contribution in [2.75, 3.05) is 45.3 Å². The predicted molar refractivity (Wildman–Crippen MR) is 76.9 cm³/mol. The standard InChI is InChI=1S/C13H28N2OS/c1-12(13-6-4-10-16-13)14-7-9-15(2)8-5-11-17-3/h12-14H,4-11H2,1-3H3. The molecule has 102 valence electrons. The van der Waals surface area contributed by atoms with E-state index in [4.69, 9.17) is 4.74 Å². The molecule has 1 rings (SSSR count). The average molecular weight is 260 g/mol. The van der Waals surface area contributed by atoms with Gasteiger partial charge in [0, 0.05) is 25.7 Å². The Kier molecular flexibility index (Phi) is 8.27. The molecule has 0 radical (unpaired) electrons. The third kappa shape index (κ3) is 6.65. The fourth-order valence-electron chi connectivity index (χ4n) is 2.20. The molecule has 1 fully saturated rings. The maximum absolute atomic E-state index is 5.67. The minimum Gasteiger partial charge on any atom is -0.377 e. The maximum atomic E-state index is 5.67. The van der Waals surface area contributed by atoms with Crippen LogP contribution >= 0.6 is 11.8 Å². The van der Waals surface area contributed by atoms with Crippen LogP contribution in [0.2, 0.25) is 0 Å². The molecule has 0 aliphatic carbocycles. The Labute approximate surface area is 111 Å². The highest BCUT2D eigenvalue weighted by Gasteiger charge is 2.21. The summed E-state index contributed by atoms with van der Waals surface area (Å²) in [5.74, 6) is 1.27. The first-order valence-corrected chi connectivity index (χ1v) is 8.16. The van der Waals surface area contributed by atoms with Crippen LogP contribution in [0.5, 0.6) is 0 Å². The minimum absolute atomic E-state index is 0.441. The highest BCUT2D eigenvalue weighted by Crippen LogP contribution is 2.15. The van der Waals surface area contributed by atoms with Crippen molar-refractivity contribution in [2.24, 2.45) is 0 Å². The first kappa shape index (κ1) is 15.3. The van der Waals surface area contributed by atoms with E-state index in [0.29, 0.717) is 12.1 Å².